The van der Waals surface area contributed by atoms with Crippen molar-refractivity contribution in [2.75, 3.05) is 10.6 Å². The van der Waals surface area contributed by atoms with E-state index in [1.54, 1.807) is 41.5 Å². The molecular formula is C24H21F3N6O. The largest absolute Gasteiger partial charge is 0.416 e. The van der Waals surface area contributed by atoms with E-state index < -0.39 is 17.6 Å². The lowest BCUT2D eigenvalue weighted by Crippen LogP contribution is -2.14. The number of anilines is 2. The predicted molar refractivity (Wildman–Crippen MR) is 122 cm³/mol. The van der Waals surface area contributed by atoms with Crippen molar-refractivity contribution in [3.63, 3.8) is 0 Å². The maximum absolute atomic E-state index is 12.9. The van der Waals surface area contributed by atoms with Crippen LogP contribution in [-0.4, -0.2) is 25.4 Å². The molecule has 0 aliphatic heterocycles. The third-order valence-electron chi connectivity index (χ3n) is 5.06. The van der Waals surface area contributed by atoms with Crippen molar-refractivity contribution in [1.29, 1.82) is 0 Å². The minimum absolute atomic E-state index is 0.0757. The van der Waals surface area contributed by atoms with Crippen LogP contribution in [0.1, 0.15) is 40.1 Å². The van der Waals surface area contributed by atoms with Crippen LogP contribution < -0.4 is 10.6 Å². The fraction of sp³-hybridized carbons (Fsp3) is 0.167. The van der Waals surface area contributed by atoms with E-state index in [0.717, 1.165) is 23.4 Å². The van der Waals surface area contributed by atoms with Gasteiger partial charge < -0.3 is 10.6 Å². The number of nitrogens with one attached hydrogen (secondary N) is 2. The van der Waals surface area contributed by atoms with E-state index in [0.29, 0.717) is 17.3 Å². The zero-order chi connectivity index (χ0) is 24.3. The van der Waals surface area contributed by atoms with Gasteiger partial charge in [-0.3, -0.25) is 14.3 Å². The summed E-state index contributed by atoms with van der Waals surface area (Å²) in [5.74, 6) is 0.535. The number of imidazole rings is 1. The van der Waals surface area contributed by atoms with E-state index in [4.69, 9.17) is 0 Å². The van der Waals surface area contributed by atoms with Crippen molar-refractivity contribution >= 4 is 17.4 Å². The van der Waals surface area contributed by atoms with Gasteiger partial charge in [-0.15, -0.1) is 0 Å². The number of hydrogen-bond acceptors (Lipinski definition) is 5. The van der Waals surface area contributed by atoms with Crippen molar-refractivity contribution in [3.8, 4) is 5.82 Å². The lowest BCUT2D eigenvalue weighted by atomic mass is 10.1. The van der Waals surface area contributed by atoms with Crippen LogP contribution >= 0.6 is 0 Å². The van der Waals surface area contributed by atoms with Gasteiger partial charge in [0.05, 0.1) is 29.7 Å². The molecule has 2 aromatic heterocycles. The number of hydrogen-bond donors (Lipinski definition) is 2. The number of amides is 1. The molecular weight excluding hydrogens is 445 g/mol. The first kappa shape index (κ1) is 23.0. The van der Waals surface area contributed by atoms with E-state index in [1.807, 2.05) is 26.1 Å². The van der Waals surface area contributed by atoms with Crippen LogP contribution in [0.2, 0.25) is 0 Å². The summed E-state index contributed by atoms with van der Waals surface area (Å²) in [5, 5.41) is 5.92. The second-order valence-electron chi connectivity index (χ2n) is 7.71. The molecule has 1 atom stereocenters. The minimum Gasteiger partial charge on any atom is -0.362 e. The third kappa shape index (κ3) is 5.40. The quantitative estimate of drug-likeness (QED) is 0.397. The smallest absolute Gasteiger partial charge is 0.362 e. The summed E-state index contributed by atoms with van der Waals surface area (Å²) < 4.78 is 40.6. The molecule has 0 aliphatic carbocycles. The Kier molecular flexibility index (Phi) is 6.31. The highest BCUT2D eigenvalue weighted by Gasteiger charge is 2.30. The Balaban J connectivity index is 1.47. The van der Waals surface area contributed by atoms with Gasteiger partial charge in [0.2, 0.25) is 0 Å². The summed E-state index contributed by atoms with van der Waals surface area (Å²) >= 11 is 0. The van der Waals surface area contributed by atoms with Gasteiger partial charge in [0.1, 0.15) is 12.1 Å². The van der Waals surface area contributed by atoms with Gasteiger partial charge in [0.25, 0.3) is 5.91 Å². The molecule has 0 bridgehead atoms. The Morgan fingerprint density at radius 2 is 1.88 bits per heavy atom. The van der Waals surface area contributed by atoms with Crippen LogP contribution in [-0.2, 0) is 6.18 Å². The molecule has 0 saturated heterocycles. The molecule has 0 unspecified atom stereocenters. The lowest BCUT2D eigenvalue weighted by molar-refractivity contribution is -0.137. The van der Waals surface area contributed by atoms with Crippen LogP contribution in [0.5, 0.6) is 0 Å². The Bertz CT molecular complexity index is 1320. The predicted octanol–water partition coefficient (Wildman–Crippen LogP) is 5.41. The normalized spacial score (nSPS) is 12.3. The van der Waals surface area contributed by atoms with Gasteiger partial charge in [0, 0.05) is 17.4 Å². The van der Waals surface area contributed by atoms with E-state index in [-0.39, 0.29) is 11.6 Å². The number of aromatic nitrogens is 4. The summed E-state index contributed by atoms with van der Waals surface area (Å²) in [5.41, 5.74) is 1.21. The highest BCUT2D eigenvalue weighted by Crippen LogP contribution is 2.30. The molecule has 0 fully saturated rings. The highest BCUT2D eigenvalue weighted by molar-refractivity contribution is 6.04. The lowest BCUT2D eigenvalue weighted by Gasteiger charge is -2.16. The summed E-state index contributed by atoms with van der Waals surface area (Å²) in [4.78, 5) is 25.5. The fourth-order valence-corrected chi connectivity index (χ4v) is 3.33. The zero-order valence-corrected chi connectivity index (χ0v) is 18.3. The summed E-state index contributed by atoms with van der Waals surface area (Å²) in [7, 11) is 0. The van der Waals surface area contributed by atoms with Gasteiger partial charge in [-0.1, -0.05) is 18.2 Å². The molecule has 7 nitrogen and oxygen atoms in total. The number of carbonyl (C=O) groups excluding carboxylic acids is 1. The van der Waals surface area contributed by atoms with Crippen molar-refractivity contribution in [2.45, 2.75) is 26.1 Å². The van der Waals surface area contributed by atoms with Gasteiger partial charge in [-0.25, -0.2) is 9.97 Å². The molecule has 0 saturated carbocycles. The number of alkyl halides is 3. The standard InChI is InChI=1S/C24H21F3N6O/c1-15-13-33(14-29-15)22-12-28-11-21(32-22)30-16(2)17-5-4-8-20(10-17)31-23(34)18-6-3-7-19(9-18)24(25,26)27/h3-14,16H,1-2H3,(H,30,32)(H,31,34)/t16-/m0/s1. The minimum atomic E-state index is -4.52. The van der Waals surface area contributed by atoms with Crippen LogP contribution in [0.15, 0.2) is 73.4 Å². The molecule has 0 radical (unpaired) electrons. The summed E-state index contributed by atoms with van der Waals surface area (Å²) in [6, 6.07) is 11.2. The molecule has 4 aromatic rings. The number of nitrogens with zero attached hydrogens (tertiary/aromatic N) is 4. The molecule has 174 valence electrons. The number of halogens is 3. The second-order valence-corrected chi connectivity index (χ2v) is 7.71. The average Bonchev–Trinajstić information content (AvgIpc) is 3.25. The van der Waals surface area contributed by atoms with Crippen LogP contribution in [0.25, 0.3) is 5.82 Å². The maximum atomic E-state index is 12.9. The molecule has 2 heterocycles. The van der Waals surface area contributed by atoms with E-state index in [2.05, 4.69) is 25.6 Å². The van der Waals surface area contributed by atoms with E-state index in [9.17, 15) is 18.0 Å². The summed E-state index contributed by atoms with van der Waals surface area (Å²) in [6.45, 7) is 3.80. The number of carbonyl (C=O) groups is 1. The SMILES string of the molecule is Cc1cn(-c2cncc(N[C@@H](C)c3cccc(NC(=O)c4cccc(C(F)(F)F)c4)c3)n2)cn1. The molecule has 34 heavy (non-hydrogen) atoms. The van der Waals surface area contributed by atoms with Crippen molar-refractivity contribution in [3.05, 3.63) is 95.8 Å². The first-order valence-corrected chi connectivity index (χ1v) is 10.4. The van der Waals surface area contributed by atoms with Gasteiger partial charge in [0.15, 0.2) is 5.82 Å². The third-order valence-corrected chi connectivity index (χ3v) is 5.06. The Morgan fingerprint density at radius 3 is 2.62 bits per heavy atom. The highest BCUT2D eigenvalue weighted by atomic mass is 19.4. The first-order valence-electron chi connectivity index (χ1n) is 10.4. The Morgan fingerprint density at radius 1 is 1.09 bits per heavy atom. The van der Waals surface area contributed by atoms with E-state index in [1.165, 1.54) is 12.1 Å². The molecule has 10 heteroatoms. The maximum Gasteiger partial charge on any atom is 0.416 e. The molecule has 0 aliphatic rings. The zero-order valence-electron chi connectivity index (χ0n) is 18.3. The Labute approximate surface area is 193 Å². The van der Waals surface area contributed by atoms with Crippen LogP contribution in [0.4, 0.5) is 24.7 Å². The van der Waals surface area contributed by atoms with Gasteiger partial charge in [-0.05, 0) is 49.7 Å². The van der Waals surface area contributed by atoms with Crippen LogP contribution in [0, 0.1) is 6.92 Å². The monoisotopic (exact) mass is 466 g/mol. The molecule has 2 N–H and O–H groups in total. The molecule has 1 amide bonds. The van der Waals surface area contributed by atoms with Crippen molar-refractivity contribution < 1.29 is 18.0 Å². The van der Waals surface area contributed by atoms with Gasteiger partial charge >= 0.3 is 6.18 Å². The second kappa shape index (κ2) is 9.34. The number of rotatable bonds is 6. The van der Waals surface area contributed by atoms with Crippen molar-refractivity contribution in [1.82, 2.24) is 19.5 Å². The Hall–Kier alpha value is -4.21. The topological polar surface area (TPSA) is 84.7 Å². The molecule has 4 rings (SSSR count). The van der Waals surface area contributed by atoms with Crippen molar-refractivity contribution in [2.24, 2.45) is 0 Å². The fourth-order valence-electron chi connectivity index (χ4n) is 3.33. The number of benzene rings is 2. The molecule has 0 spiro atoms. The molecule has 2 aromatic carbocycles. The first-order chi connectivity index (χ1) is 16.2. The van der Waals surface area contributed by atoms with Gasteiger partial charge in [-0.2, -0.15) is 13.2 Å². The number of aryl methyl sites for hydroxylation is 1. The van der Waals surface area contributed by atoms with E-state index >= 15 is 0 Å². The van der Waals surface area contributed by atoms with Crippen LogP contribution in [0.3, 0.4) is 0 Å². The summed E-state index contributed by atoms with van der Waals surface area (Å²) in [6.07, 6.45) is 2.20. The average molecular weight is 466 g/mol.